The lowest BCUT2D eigenvalue weighted by atomic mass is 10.1. The number of carbonyl (C=O) groups excluding carboxylic acids is 1. The van der Waals surface area contributed by atoms with E-state index in [4.69, 9.17) is 0 Å². The van der Waals surface area contributed by atoms with Crippen LogP contribution >= 0.6 is 15.9 Å². The minimum absolute atomic E-state index is 0.282. The predicted octanol–water partition coefficient (Wildman–Crippen LogP) is 4.66. The van der Waals surface area contributed by atoms with Crippen LogP contribution in [0.15, 0.2) is 51.9 Å². The fraction of sp³-hybridized carbons (Fsp3) is 0.0588. The lowest BCUT2D eigenvalue weighted by Gasteiger charge is -2.00. The molecule has 23 heavy (non-hydrogen) atoms. The standard InChI is InChI=1S/C17H12BrF2NO2/c1-23-17(22)5-2-11-6-14(19)9-15(7-11)21-10-12-3-4-13(18)8-16(12)20/h2-10H,1H3/b5-2+,21-10?. The maximum atomic E-state index is 13.7. The lowest BCUT2D eigenvalue weighted by molar-refractivity contribution is -0.134. The molecule has 0 radical (unpaired) electrons. The van der Waals surface area contributed by atoms with E-state index in [-0.39, 0.29) is 5.56 Å². The Bertz CT molecular complexity index is 788. The summed E-state index contributed by atoms with van der Waals surface area (Å²) in [7, 11) is 1.25. The Kier molecular flexibility index (Phi) is 5.76. The average Bonchev–Trinajstić information content (AvgIpc) is 2.51. The summed E-state index contributed by atoms with van der Waals surface area (Å²) in [6, 6.07) is 8.58. The van der Waals surface area contributed by atoms with Gasteiger partial charge in [-0.2, -0.15) is 0 Å². The van der Waals surface area contributed by atoms with E-state index in [9.17, 15) is 13.6 Å². The predicted molar refractivity (Wildman–Crippen MR) is 88.8 cm³/mol. The van der Waals surface area contributed by atoms with Gasteiger partial charge in [0.25, 0.3) is 0 Å². The molecule has 0 spiro atoms. The Labute approximate surface area is 140 Å². The molecule has 0 aliphatic carbocycles. The molecule has 0 atom stereocenters. The largest absolute Gasteiger partial charge is 0.466 e. The van der Waals surface area contributed by atoms with E-state index in [1.54, 1.807) is 18.2 Å². The van der Waals surface area contributed by atoms with Crippen molar-refractivity contribution in [2.45, 2.75) is 0 Å². The SMILES string of the molecule is COC(=O)/C=C/c1cc(F)cc(N=Cc2ccc(Br)cc2F)c1. The molecule has 0 aliphatic heterocycles. The molecule has 3 nitrogen and oxygen atoms in total. The third-order valence-electron chi connectivity index (χ3n) is 2.83. The molecule has 2 aromatic rings. The highest BCUT2D eigenvalue weighted by Crippen LogP contribution is 2.19. The van der Waals surface area contributed by atoms with Gasteiger partial charge in [-0.1, -0.05) is 15.9 Å². The maximum absolute atomic E-state index is 13.7. The minimum Gasteiger partial charge on any atom is -0.466 e. The Hall–Kier alpha value is -2.34. The van der Waals surface area contributed by atoms with Gasteiger partial charge in [-0.05, 0) is 48.0 Å². The fourth-order valence-corrected chi connectivity index (χ4v) is 2.08. The minimum atomic E-state index is -0.545. The summed E-state index contributed by atoms with van der Waals surface area (Å²) in [5, 5.41) is 0. The number of halogens is 3. The van der Waals surface area contributed by atoms with Crippen LogP contribution in [0.5, 0.6) is 0 Å². The van der Waals surface area contributed by atoms with Crippen molar-refractivity contribution in [2.75, 3.05) is 7.11 Å². The van der Waals surface area contributed by atoms with Crippen LogP contribution in [-0.4, -0.2) is 19.3 Å². The van der Waals surface area contributed by atoms with Gasteiger partial charge in [0.1, 0.15) is 11.6 Å². The smallest absolute Gasteiger partial charge is 0.330 e. The molecule has 0 aromatic heterocycles. The van der Waals surface area contributed by atoms with Crippen LogP contribution in [0.25, 0.3) is 6.08 Å². The van der Waals surface area contributed by atoms with Crippen LogP contribution in [0.1, 0.15) is 11.1 Å². The Morgan fingerprint density at radius 2 is 2.00 bits per heavy atom. The Balaban J connectivity index is 2.26. The van der Waals surface area contributed by atoms with E-state index in [2.05, 4.69) is 25.7 Å². The number of nitrogens with zero attached hydrogens (tertiary/aromatic N) is 1. The van der Waals surface area contributed by atoms with Gasteiger partial charge in [-0.25, -0.2) is 13.6 Å². The van der Waals surface area contributed by atoms with E-state index < -0.39 is 17.6 Å². The first-order valence-electron chi connectivity index (χ1n) is 6.53. The number of hydrogen-bond donors (Lipinski definition) is 0. The second-order valence-electron chi connectivity index (χ2n) is 4.52. The molecular formula is C17H12BrF2NO2. The van der Waals surface area contributed by atoms with Crippen LogP contribution in [0, 0.1) is 11.6 Å². The molecule has 0 unspecified atom stereocenters. The third kappa shape index (κ3) is 5.10. The number of esters is 1. The molecule has 2 aromatic carbocycles. The first-order valence-corrected chi connectivity index (χ1v) is 7.33. The highest BCUT2D eigenvalue weighted by Gasteiger charge is 2.02. The molecule has 0 heterocycles. The van der Waals surface area contributed by atoms with Gasteiger partial charge < -0.3 is 4.74 Å². The number of ether oxygens (including phenoxy) is 1. The highest BCUT2D eigenvalue weighted by molar-refractivity contribution is 9.10. The van der Waals surface area contributed by atoms with Crippen molar-refractivity contribution >= 4 is 39.9 Å². The normalized spacial score (nSPS) is 11.3. The summed E-state index contributed by atoms with van der Waals surface area (Å²) >= 11 is 3.17. The van der Waals surface area contributed by atoms with E-state index in [0.717, 1.165) is 0 Å². The lowest BCUT2D eigenvalue weighted by Crippen LogP contribution is -1.93. The van der Waals surface area contributed by atoms with Crippen LogP contribution in [0.3, 0.4) is 0 Å². The molecule has 2 rings (SSSR count). The van der Waals surface area contributed by atoms with Crippen molar-refractivity contribution < 1.29 is 18.3 Å². The monoisotopic (exact) mass is 379 g/mol. The zero-order valence-electron chi connectivity index (χ0n) is 12.1. The molecule has 118 valence electrons. The number of hydrogen-bond acceptors (Lipinski definition) is 3. The van der Waals surface area contributed by atoms with Gasteiger partial charge in [-0.15, -0.1) is 0 Å². The average molecular weight is 380 g/mol. The zero-order valence-corrected chi connectivity index (χ0v) is 13.7. The Morgan fingerprint density at radius 1 is 1.22 bits per heavy atom. The number of aliphatic imine (C=N–C) groups is 1. The van der Waals surface area contributed by atoms with Gasteiger partial charge in [-0.3, -0.25) is 4.99 Å². The first-order chi connectivity index (χ1) is 11.0. The highest BCUT2D eigenvalue weighted by atomic mass is 79.9. The van der Waals surface area contributed by atoms with E-state index in [0.29, 0.717) is 15.7 Å². The second kappa shape index (κ2) is 7.78. The molecule has 0 amide bonds. The third-order valence-corrected chi connectivity index (χ3v) is 3.33. The van der Waals surface area contributed by atoms with Gasteiger partial charge in [0.15, 0.2) is 0 Å². The second-order valence-corrected chi connectivity index (χ2v) is 5.44. The van der Waals surface area contributed by atoms with Crippen molar-refractivity contribution in [3.05, 3.63) is 69.7 Å². The van der Waals surface area contributed by atoms with E-state index in [1.165, 1.54) is 43.7 Å². The molecule has 0 aliphatic rings. The van der Waals surface area contributed by atoms with Crippen LogP contribution in [-0.2, 0) is 9.53 Å². The summed E-state index contributed by atoms with van der Waals surface area (Å²) < 4.78 is 32.4. The van der Waals surface area contributed by atoms with Gasteiger partial charge >= 0.3 is 5.97 Å². The fourth-order valence-electron chi connectivity index (χ4n) is 1.75. The van der Waals surface area contributed by atoms with Crippen molar-refractivity contribution in [3.63, 3.8) is 0 Å². The topological polar surface area (TPSA) is 38.7 Å². The quantitative estimate of drug-likeness (QED) is 0.440. The summed E-state index contributed by atoms with van der Waals surface area (Å²) in [4.78, 5) is 15.1. The van der Waals surface area contributed by atoms with Crippen LogP contribution in [0.4, 0.5) is 14.5 Å². The summed E-state index contributed by atoms with van der Waals surface area (Å²) in [6.45, 7) is 0. The molecule has 6 heteroatoms. The molecule has 0 bridgehead atoms. The number of rotatable bonds is 4. The van der Waals surface area contributed by atoms with Crippen LogP contribution in [0.2, 0.25) is 0 Å². The van der Waals surface area contributed by atoms with E-state index >= 15 is 0 Å². The number of carbonyl (C=O) groups is 1. The zero-order chi connectivity index (χ0) is 16.8. The number of benzene rings is 2. The number of methoxy groups -OCH3 is 1. The van der Waals surface area contributed by atoms with Gasteiger partial charge in [0.2, 0.25) is 0 Å². The van der Waals surface area contributed by atoms with E-state index in [1.807, 2.05) is 0 Å². The molecular weight excluding hydrogens is 368 g/mol. The van der Waals surface area contributed by atoms with Crippen molar-refractivity contribution in [2.24, 2.45) is 4.99 Å². The summed E-state index contributed by atoms with van der Waals surface area (Å²) in [5.41, 5.74) is 1.03. The summed E-state index contributed by atoms with van der Waals surface area (Å²) in [6.07, 6.45) is 3.90. The maximum Gasteiger partial charge on any atom is 0.330 e. The van der Waals surface area contributed by atoms with Crippen LogP contribution < -0.4 is 0 Å². The van der Waals surface area contributed by atoms with Gasteiger partial charge in [0.05, 0.1) is 12.8 Å². The van der Waals surface area contributed by atoms with Crippen molar-refractivity contribution in [1.29, 1.82) is 0 Å². The van der Waals surface area contributed by atoms with Gasteiger partial charge in [0, 0.05) is 22.3 Å². The molecule has 0 saturated heterocycles. The van der Waals surface area contributed by atoms with Crippen molar-refractivity contribution in [1.82, 2.24) is 0 Å². The first kappa shape index (κ1) is 17.0. The van der Waals surface area contributed by atoms with Crippen molar-refractivity contribution in [3.8, 4) is 0 Å². The molecule has 0 N–H and O–H groups in total. The summed E-state index contributed by atoms with van der Waals surface area (Å²) in [5.74, 6) is -1.50. The molecule has 0 fully saturated rings. The molecule has 0 saturated carbocycles. The Morgan fingerprint density at radius 3 is 2.70 bits per heavy atom.